The SMILES string of the molecule is Cc1nccc(Oc2ccc(CCNC(=O)C3Cc4cc5c(cc4CN3Cc3nccn3C)OC(c3ccc(OCc4ccc(Cl)c(Cl)c4)cc3)CO5)cc2)c1C. The summed E-state index contributed by atoms with van der Waals surface area (Å²) in [5.74, 6) is 4.52. The molecule has 0 bridgehead atoms. The molecule has 0 aliphatic carbocycles. The molecule has 1 amide bonds. The standard InChI is InChI=1S/C45H43Cl2N5O5/c1-28-29(2)48-17-15-40(28)56-36-9-4-30(5-10-36)14-16-50-45(53)39-21-33-22-41-42(23-34(33)24-52(39)25-44-49-18-19-51(44)3)57-43(27-55-41)32-7-11-35(12-8-32)54-26-31-6-13-37(46)38(47)20-31/h4-13,15,17-20,22-23,39,43H,14,16,21,24-27H2,1-3H3,(H,50,53). The molecular formula is C45H43Cl2N5O5. The number of aryl methyl sites for hydroxylation is 2. The Morgan fingerprint density at radius 2 is 1.65 bits per heavy atom. The Hall–Kier alpha value is -5.55. The summed E-state index contributed by atoms with van der Waals surface area (Å²) in [6.45, 7) is 6.30. The summed E-state index contributed by atoms with van der Waals surface area (Å²) in [7, 11) is 1.97. The number of hydrogen-bond acceptors (Lipinski definition) is 8. The van der Waals surface area contributed by atoms with Gasteiger partial charge in [0.2, 0.25) is 5.91 Å². The number of pyridine rings is 1. The van der Waals surface area contributed by atoms with Gasteiger partial charge in [-0.05, 0) is 109 Å². The Morgan fingerprint density at radius 3 is 2.42 bits per heavy atom. The number of imidazole rings is 1. The number of amides is 1. The highest BCUT2D eigenvalue weighted by atomic mass is 35.5. The van der Waals surface area contributed by atoms with E-state index >= 15 is 0 Å². The first kappa shape index (κ1) is 38.3. The summed E-state index contributed by atoms with van der Waals surface area (Å²) < 4.78 is 26.9. The summed E-state index contributed by atoms with van der Waals surface area (Å²) in [4.78, 5) is 25.0. The van der Waals surface area contributed by atoms with E-state index in [9.17, 15) is 4.79 Å². The first-order valence-electron chi connectivity index (χ1n) is 19.0. The molecule has 10 nitrogen and oxygen atoms in total. The van der Waals surface area contributed by atoms with Crippen molar-refractivity contribution < 1.29 is 23.7 Å². The van der Waals surface area contributed by atoms with Crippen molar-refractivity contribution in [2.45, 2.75) is 58.5 Å². The smallest absolute Gasteiger partial charge is 0.237 e. The molecule has 6 aromatic rings. The Morgan fingerprint density at radius 1 is 0.877 bits per heavy atom. The maximum atomic E-state index is 13.9. The highest BCUT2D eigenvalue weighted by Crippen LogP contribution is 2.41. The Labute approximate surface area is 342 Å². The summed E-state index contributed by atoms with van der Waals surface area (Å²) in [5.41, 5.74) is 7.15. The van der Waals surface area contributed by atoms with Gasteiger partial charge in [0, 0.05) is 50.0 Å². The van der Waals surface area contributed by atoms with Gasteiger partial charge in [0.1, 0.15) is 36.3 Å². The third-order valence-corrected chi connectivity index (χ3v) is 11.4. The van der Waals surface area contributed by atoms with Crippen molar-refractivity contribution in [1.29, 1.82) is 0 Å². The van der Waals surface area contributed by atoms with Crippen LogP contribution in [0.1, 0.15) is 51.0 Å². The Bertz CT molecular complexity index is 2380. The van der Waals surface area contributed by atoms with Crippen LogP contribution in [0.25, 0.3) is 0 Å². The molecule has 1 N–H and O–H groups in total. The highest BCUT2D eigenvalue weighted by molar-refractivity contribution is 6.42. The number of carbonyl (C=O) groups excluding carboxylic acids is 1. The minimum Gasteiger partial charge on any atom is -0.489 e. The van der Waals surface area contributed by atoms with Crippen LogP contribution in [0.2, 0.25) is 10.0 Å². The molecule has 2 aliphatic heterocycles. The number of nitrogens with zero attached hydrogens (tertiary/aromatic N) is 4. The highest BCUT2D eigenvalue weighted by Gasteiger charge is 2.34. The molecule has 0 saturated heterocycles. The summed E-state index contributed by atoms with van der Waals surface area (Å²) >= 11 is 12.2. The van der Waals surface area contributed by atoms with Gasteiger partial charge in [0.15, 0.2) is 17.6 Å². The fraction of sp³-hybridized carbons (Fsp3) is 0.267. The summed E-state index contributed by atoms with van der Waals surface area (Å²) in [6, 6.07) is 26.9. The van der Waals surface area contributed by atoms with E-state index in [4.69, 9.17) is 42.1 Å². The van der Waals surface area contributed by atoms with Crippen LogP contribution in [-0.2, 0) is 44.4 Å². The van der Waals surface area contributed by atoms with E-state index in [1.54, 1.807) is 24.5 Å². The molecular weight excluding hydrogens is 761 g/mol. The van der Waals surface area contributed by atoms with Crippen molar-refractivity contribution in [3.8, 4) is 28.7 Å². The second-order valence-electron chi connectivity index (χ2n) is 14.5. The van der Waals surface area contributed by atoms with Crippen LogP contribution >= 0.6 is 23.2 Å². The van der Waals surface area contributed by atoms with Crippen molar-refractivity contribution in [2.24, 2.45) is 7.05 Å². The average Bonchev–Trinajstić information content (AvgIpc) is 3.63. The first-order valence-corrected chi connectivity index (χ1v) is 19.7. The molecule has 0 radical (unpaired) electrons. The van der Waals surface area contributed by atoms with E-state index in [0.717, 1.165) is 62.1 Å². The second kappa shape index (κ2) is 16.9. The summed E-state index contributed by atoms with van der Waals surface area (Å²) in [5, 5.41) is 4.23. The van der Waals surface area contributed by atoms with Crippen LogP contribution in [-0.4, -0.2) is 44.5 Å². The largest absolute Gasteiger partial charge is 0.489 e. The molecule has 12 heteroatoms. The molecule has 0 saturated carbocycles. The molecule has 8 rings (SSSR count). The van der Waals surface area contributed by atoms with Crippen LogP contribution in [0.4, 0.5) is 0 Å². The van der Waals surface area contributed by atoms with Gasteiger partial charge < -0.3 is 28.8 Å². The Balaban J connectivity index is 0.908. The van der Waals surface area contributed by atoms with Gasteiger partial charge in [0.05, 0.1) is 22.6 Å². The van der Waals surface area contributed by atoms with Gasteiger partial charge in [-0.25, -0.2) is 4.98 Å². The second-order valence-corrected chi connectivity index (χ2v) is 15.3. The van der Waals surface area contributed by atoms with Gasteiger partial charge in [0.25, 0.3) is 0 Å². The van der Waals surface area contributed by atoms with Gasteiger partial charge in [-0.15, -0.1) is 0 Å². The number of ether oxygens (including phenoxy) is 4. The van der Waals surface area contributed by atoms with Crippen LogP contribution in [0.3, 0.4) is 0 Å². The molecule has 0 spiro atoms. The van der Waals surface area contributed by atoms with E-state index in [2.05, 4.69) is 26.3 Å². The first-order chi connectivity index (χ1) is 27.7. The predicted molar refractivity (Wildman–Crippen MR) is 219 cm³/mol. The van der Waals surface area contributed by atoms with Crippen molar-refractivity contribution in [1.82, 2.24) is 24.8 Å². The van der Waals surface area contributed by atoms with Gasteiger partial charge >= 0.3 is 0 Å². The number of nitrogens with one attached hydrogen (secondary N) is 1. The lowest BCUT2D eigenvalue weighted by molar-refractivity contribution is -0.127. The maximum Gasteiger partial charge on any atom is 0.237 e. The number of carbonyl (C=O) groups is 1. The molecule has 0 fully saturated rings. The lowest BCUT2D eigenvalue weighted by Gasteiger charge is -2.37. The number of hydrogen-bond donors (Lipinski definition) is 1. The van der Waals surface area contributed by atoms with Crippen molar-refractivity contribution in [3.05, 3.63) is 158 Å². The monoisotopic (exact) mass is 803 g/mol. The van der Waals surface area contributed by atoms with E-state index in [-0.39, 0.29) is 18.1 Å². The van der Waals surface area contributed by atoms with Crippen molar-refractivity contribution >= 4 is 29.1 Å². The predicted octanol–water partition coefficient (Wildman–Crippen LogP) is 8.91. The van der Waals surface area contributed by atoms with Gasteiger partial charge in [-0.3, -0.25) is 14.7 Å². The number of rotatable bonds is 12. The third-order valence-electron chi connectivity index (χ3n) is 10.6. The molecule has 2 aromatic heterocycles. The zero-order valence-electron chi connectivity index (χ0n) is 32.0. The zero-order chi connectivity index (χ0) is 39.5. The lowest BCUT2D eigenvalue weighted by atomic mass is 9.92. The number of aromatic nitrogens is 3. The van der Waals surface area contributed by atoms with Crippen LogP contribution in [0.5, 0.6) is 28.7 Å². The van der Waals surface area contributed by atoms with E-state index < -0.39 is 0 Å². The average molecular weight is 805 g/mol. The quantitative estimate of drug-likeness (QED) is 0.131. The molecule has 57 heavy (non-hydrogen) atoms. The third kappa shape index (κ3) is 8.89. The van der Waals surface area contributed by atoms with Gasteiger partial charge in [-0.1, -0.05) is 53.5 Å². The molecule has 2 aliphatic rings. The number of fused-ring (bicyclic) bond motifs is 2. The number of benzene rings is 4. The minimum absolute atomic E-state index is 0.0160. The minimum atomic E-state index is -0.384. The van der Waals surface area contributed by atoms with E-state index in [1.165, 1.54) is 0 Å². The number of halogens is 2. The van der Waals surface area contributed by atoms with Gasteiger partial charge in [-0.2, -0.15) is 0 Å². The molecule has 292 valence electrons. The normalized spacial score (nSPS) is 16.2. The topological polar surface area (TPSA) is 100.0 Å². The fourth-order valence-corrected chi connectivity index (χ4v) is 7.45. The Kier molecular flexibility index (Phi) is 11.4. The summed E-state index contributed by atoms with van der Waals surface area (Å²) in [6.07, 6.45) is 6.40. The van der Waals surface area contributed by atoms with Crippen LogP contribution < -0.4 is 24.3 Å². The molecule has 4 heterocycles. The molecule has 4 aromatic carbocycles. The maximum absolute atomic E-state index is 13.9. The molecule has 2 unspecified atom stereocenters. The van der Waals surface area contributed by atoms with Crippen molar-refractivity contribution in [2.75, 3.05) is 13.2 Å². The van der Waals surface area contributed by atoms with Crippen molar-refractivity contribution in [3.63, 3.8) is 0 Å². The van der Waals surface area contributed by atoms with Crippen LogP contribution in [0.15, 0.2) is 104 Å². The van der Waals surface area contributed by atoms with E-state index in [1.807, 2.05) is 98.4 Å². The van der Waals surface area contributed by atoms with E-state index in [0.29, 0.717) is 67.2 Å². The molecule has 2 atom stereocenters. The zero-order valence-corrected chi connectivity index (χ0v) is 33.5. The lowest BCUT2D eigenvalue weighted by Crippen LogP contribution is -2.50. The van der Waals surface area contributed by atoms with Crippen LogP contribution in [0, 0.1) is 13.8 Å². The fourth-order valence-electron chi connectivity index (χ4n) is 7.13.